The van der Waals surface area contributed by atoms with Gasteiger partial charge in [0.15, 0.2) is 0 Å². The van der Waals surface area contributed by atoms with E-state index in [1.165, 1.54) is 21.4 Å². The molecule has 0 bridgehead atoms. The number of nitrogens with zero attached hydrogens (tertiary/aromatic N) is 3. The Morgan fingerprint density at radius 1 is 1.11 bits per heavy atom. The van der Waals surface area contributed by atoms with Gasteiger partial charge in [-0.05, 0) is 29.8 Å². The van der Waals surface area contributed by atoms with Crippen molar-refractivity contribution in [2.45, 2.75) is 13.8 Å². The lowest BCUT2D eigenvalue weighted by Gasteiger charge is -2.07. The molecule has 8 heteroatoms. The van der Waals surface area contributed by atoms with Crippen LogP contribution in [0.2, 0.25) is 10.2 Å². The zero-order chi connectivity index (χ0) is 20.3. The molecule has 2 aromatic heterocycles. The van der Waals surface area contributed by atoms with E-state index >= 15 is 0 Å². The van der Waals surface area contributed by atoms with E-state index in [-0.39, 0.29) is 5.82 Å². The molecule has 4 aromatic rings. The molecule has 0 amide bonds. The summed E-state index contributed by atoms with van der Waals surface area (Å²) in [4.78, 5) is 8.47. The van der Waals surface area contributed by atoms with Gasteiger partial charge in [-0.25, -0.2) is 9.37 Å². The fourth-order valence-corrected chi connectivity index (χ4v) is 4.64. The number of rotatable bonds is 3. The van der Waals surface area contributed by atoms with Gasteiger partial charge >= 0.3 is 0 Å². The van der Waals surface area contributed by atoms with Crippen molar-refractivity contribution in [3.05, 3.63) is 71.0 Å². The topological polar surface area (TPSA) is 30.7 Å². The van der Waals surface area contributed by atoms with Crippen LogP contribution in [-0.2, 0) is 0 Å². The summed E-state index contributed by atoms with van der Waals surface area (Å²) in [5.74, 6) is -0.358. The van der Waals surface area contributed by atoms with Crippen molar-refractivity contribution in [1.82, 2.24) is 13.9 Å². The van der Waals surface area contributed by atoms with E-state index in [4.69, 9.17) is 23.2 Å². The van der Waals surface area contributed by atoms with Crippen LogP contribution in [0.3, 0.4) is 0 Å². The normalized spacial score (nSPS) is 10.6. The first kappa shape index (κ1) is 21.4. The lowest BCUT2D eigenvalue weighted by atomic mass is 10.0. The third-order valence-corrected chi connectivity index (χ3v) is 6.20. The number of hydrogen-bond acceptors (Lipinski definition) is 3. The van der Waals surface area contributed by atoms with E-state index in [1.54, 1.807) is 18.3 Å². The number of benzene rings is 2. The van der Waals surface area contributed by atoms with Gasteiger partial charge < -0.3 is 0 Å². The van der Waals surface area contributed by atoms with Gasteiger partial charge in [0.2, 0.25) is 0 Å². The van der Waals surface area contributed by atoms with Crippen molar-refractivity contribution in [1.29, 1.82) is 0 Å². The molecule has 2 aromatic carbocycles. The Labute approximate surface area is 189 Å². The predicted octanol–water partition coefficient (Wildman–Crippen LogP) is 8.08. The van der Waals surface area contributed by atoms with E-state index in [9.17, 15) is 4.39 Å². The molecule has 0 spiro atoms. The molecule has 28 heavy (non-hydrogen) atoms. The summed E-state index contributed by atoms with van der Waals surface area (Å²) in [6.45, 7) is 4.00. The van der Waals surface area contributed by atoms with Gasteiger partial charge in [-0.15, -0.1) is 0 Å². The summed E-state index contributed by atoms with van der Waals surface area (Å²) in [5.41, 5.74) is 3.59. The molecule has 0 N–H and O–H groups in total. The average Bonchev–Trinajstić information content (AvgIpc) is 3.07. The van der Waals surface area contributed by atoms with Crippen LogP contribution in [-0.4, -0.2) is 13.9 Å². The SMILES string of the molecule is CC.Fc1cccc(Cl)c1-c1ccc2c(c1)c(-c1cncc(Cl)n1)cn2SI. The molecule has 0 saturated heterocycles. The van der Waals surface area contributed by atoms with Crippen LogP contribution < -0.4 is 0 Å². The number of aromatic nitrogens is 3. The highest BCUT2D eigenvalue weighted by atomic mass is 127. The quantitative estimate of drug-likeness (QED) is 0.244. The Hall–Kier alpha value is -1.35. The predicted molar refractivity (Wildman–Crippen MR) is 127 cm³/mol. The Bertz CT molecular complexity index is 1110. The summed E-state index contributed by atoms with van der Waals surface area (Å²) in [5, 5.41) is 1.61. The zero-order valence-corrected chi connectivity index (χ0v) is 19.4. The van der Waals surface area contributed by atoms with Crippen molar-refractivity contribution in [3.8, 4) is 22.4 Å². The van der Waals surface area contributed by atoms with Gasteiger partial charge in [0.1, 0.15) is 11.0 Å². The molecule has 0 atom stereocenters. The third-order valence-electron chi connectivity index (χ3n) is 3.98. The van der Waals surface area contributed by atoms with Crippen LogP contribution in [0.15, 0.2) is 55.0 Å². The second-order valence-electron chi connectivity index (χ2n) is 5.49. The van der Waals surface area contributed by atoms with Crippen molar-refractivity contribution < 1.29 is 4.39 Å². The Balaban J connectivity index is 0.00000109. The standard InChI is InChI=1S/C18H9Cl2FIN3S.C2H6/c19-13-2-1-3-14(21)18(13)10-4-5-16-11(6-10)12(9-25(16)26-22)15-7-23-8-17(20)24-15;1-2/h1-9H;1-2H3. The smallest absolute Gasteiger partial charge is 0.148 e. The molecule has 0 aliphatic carbocycles. The van der Waals surface area contributed by atoms with Crippen LogP contribution in [0.25, 0.3) is 33.3 Å². The third kappa shape index (κ3) is 4.15. The minimum atomic E-state index is -0.358. The molecule has 0 unspecified atom stereocenters. The van der Waals surface area contributed by atoms with Gasteiger partial charge in [-0.3, -0.25) is 8.96 Å². The van der Waals surface area contributed by atoms with E-state index in [0.29, 0.717) is 27.0 Å². The van der Waals surface area contributed by atoms with Gasteiger partial charge in [0.25, 0.3) is 0 Å². The monoisotopic (exact) mass is 545 g/mol. The van der Waals surface area contributed by atoms with Crippen molar-refractivity contribution in [2.75, 3.05) is 0 Å². The number of halogens is 4. The maximum atomic E-state index is 14.3. The number of fused-ring (bicyclic) bond motifs is 1. The van der Waals surface area contributed by atoms with Crippen molar-refractivity contribution in [3.63, 3.8) is 0 Å². The summed E-state index contributed by atoms with van der Waals surface area (Å²) in [6.07, 6.45) is 5.11. The van der Waals surface area contributed by atoms with Crippen LogP contribution in [0.4, 0.5) is 4.39 Å². The van der Waals surface area contributed by atoms with Crippen LogP contribution in [0.1, 0.15) is 13.8 Å². The van der Waals surface area contributed by atoms with Crippen LogP contribution in [0.5, 0.6) is 0 Å². The second kappa shape index (κ2) is 9.43. The highest BCUT2D eigenvalue weighted by Gasteiger charge is 2.16. The fourth-order valence-electron chi connectivity index (χ4n) is 2.86. The Kier molecular flexibility index (Phi) is 7.20. The molecule has 3 nitrogen and oxygen atoms in total. The summed E-state index contributed by atoms with van der Waals surface area (Å²) in [7, 11) is 1.53. The molecular formula is C20H15Cl2FIN3S. The largest absolute Gasteiger partial charge is 0.282 e. The molecule has 0 aliphatic heterocycles. The molecule has 4 rings (SSSR count). The molecule has 144 valence electrons. The van der Waals surface area contributed by atoms with Crippen molar-refractivity contribution >= 4 is 64.4 Å². The first-order chi connectivity index (χ1) is 13.6. The first-order valence-electron chi connectivity index (χ1n) is 8.45. The van der Waals surface area contributed by atoms with Gasteiger partial charge in [0, 0.05) is 53.0 Å². The van der Waals surface area contributed by atoms with Gasteiger partial charge in [0.05, 0.1) is 28.6 Å². The second-order valence-corrected chi connectivity index (χ2v) is 8.00. The molecule has 0 fully saturated rings. The minimum absolute atomic E-state index is 0.318. The first-order valence-corrected chi connectivity index (χ1v) is 12.5. The minimum Gasteiger partial charge on any atom is -0.282 e. The molecule has 0 saturated carbocycles. The molecule has 2 heterocycles. The zero-order valence-electron chi connectivity index (χ0n) is 15.0. The van der Waals surface area contributed by atoms with Gasteiger partial charge in [-0.2, -0.15) is 0 Å². The molecule has 0 aliphatic rings. The van der Waals surface area contributed by atoms with Crippen LogP contribution >= 0.6 is 53.5 Å². The summed E-state index contributed by atoms with van der Waals surface area (Å²) < 4.78 is 16.4. The lowest BCUT2D eigenvalue weighted by molar-refractivity contribution is 0.631. The fraction of sp³-hybridized carbons (Fsp3) is 0.100. The molecular weight excluding hydrogens is 531 g/mol. The highest BCUT2D eigenvalue weighted by molar-refractivity contribution is 14.2. The molecule has 0 radical (unpaired) electrons. The van der Waals surface area contributed by atoms with E-state index in [2.05, 4.69) is 31.2 Å². The number of hydrogen-bond donors (Lipinski definition) is 0. The summed E-state index contributed by atoms with van der Waals surface area (Å²) >= 11 is 14.4. The summed E-state index contributed by atoms with van der Waals surface area (Å²) in [6, 6.07) is 10.4. The van der Waals surface area contributed by atoms with Crippen LogP contribution in [0, 0.1) is 5.82 Å². The highest BCUT2D eigenvalue weighted by Crippen LogP contribution is 2.38. The van der Waals surface area contributed by atoms with E-state index in [0.717, 1.165) is 16.5 Å². The van der Waals surface area contributed by atoms with E-state index in [1.807, 2.05) is 42.2 Å². The Morgan fingerprint density at radius 3 is 2.57 bits per heavy atom. The van der Waals surface area contributed by atoms with Crippen molar-refractivity contribution in [2.24, 2.45) is 0 Å². The van der Waals surface area contributed by atoms with Gasteiger partial charge in [-0.1, -0.05) is 49.2 Å². The van der Waals surface area contributed by atoms with E-state index < -0.39 is 0 Å². The lowest BCUT2D eigenvalue weighted by Crippen LogP contribution is -1.87. The maximum Gasteiger partial charge on any atom is 0.148 e. The maximum absolute atomic E-state index is 14.3. The Morgan fingerprint density at radius 2 is 1.89 bits per heavy atom. The average molecular weight is 546 g/mol.